The zero-order valence-corrected chi connectivity index (χ0v) is 16.8. The fourth-order valence-electron chi connectivity index (χ4n) is 3.81. The van der Waals surface area contributed by atoms with Crippen molar-refractivity contribution in [1.29, 1.82) is 0 Å². The summed E-state index contributed by atoms with van der Waals surface area (Å²) in [5, 5.41) is 20.6. The molecular formula is C25H33NO2. The van der Waals surface area contributed by atoms with Crippen molar-refractivity contribution in [2.75, 3.05) is 6.61 Å². The fourth-order valence-corrected chi connectivity index (χ4v) is 3.81. The summed E-state index contributed by atoms with van der Waals surface area (Å²) in [6.45, 7) is 10.4. The molecule has 0 aromatic heterocycles. The molecule has 0 unspecified atom stereocenters. The molecule has 0 saturated heterocycles. The summed E-state index contributed by atoms with van der Waals surface area (Å²) in [5.74, 6) is -0.313. The maximum absolute atomic E-state index is 10.5. The van der Waals surface area contributed by atoms with Gasteiger partial charge in [-0.15, -0.1) is 13.2 Å². The average Bonchev–Trinajstić information content (AvgIpc) is 2.75. The van der Waals surface area contributed by atoms with Crippen molar-refractivity contribution in [2.24, 2.45) is 5.92 Å². The van der Waals surface area contributed by atoms with E-state index in [9.17, 15) is 10.2 Å². The second-order valence-corrected chi connectivity index (χ2v) is 7.25. The topological polar surface area (TPSA) is 43.7 Å². The molecule has 2 aromatic rings. The van der Waals surface area contributed by atoms with Crippen molar-refractivity contribution in [3.05, 3.63) is 97.1 Å². The van der Waals surface area contributed by atoms with Crippen LogP contribution in [0.5, 0.6) is 0 Å². The number of benzene rings is 2. The Morgan fingerprint density at radius 3 is 2.14 bits per heavy atom. The summed E-state index contributed by atoms with van der Waals surface area (Å²) >= 11 is 0. The fraction of sp³-hybridized carbons (Fsp3) is 0.360. The first-order valence-electron chi connectivity index (χ1n) is 9.99. The average molecular weight is 380 g/mol. The van der Waals surface area contributed by atoms with Crippen LogP contribution in [-0.4, -0.2) is 33.9 Å². The number of aliphatic hydroxyl groups is 2. The molecular weight excluding hydrogens is 346 g/mol. The van der Waals surface area contributed by atoms with E-state index >= 15 is 0 Å². The lowest BCUT2D eigenvalue weighted by Crippen LogP contribution is -2.47. The molecule has 2 aromatic carbocycles. The van der Waals surface area contributed by atoms with Gasteiger partial charge in [0.2, 0.25) is 0 Å². The lowest BCUT2D eigenvalue weighted by atomic mass is 9.87. The Hall–Kier alpha value is -2.20. The van der Waals surface area contributed by atoms with E-state index in [1.807, 2.05) is 42.5 Å². The van der Waals surface area contributed by atoms with Crippen molar-refractivity contribution in [1.82, 2.24) is 4.90 Å². The molecule has 4 atom stereocenters. The van der Waals surface area contributed by atoms with E-state index < -0.39 is 6.10 Å². The molecule has 0 fully saturated rings. The van der Waals surface area contributed by atoms with Crippen LogP contribution in [0.1, 0.15) is 36.9 Å². The highest BCUT2D eigenvalue weighted by atomic mass is 16.3. The van der Waals surface area contributed by atoms with Gasteiger partial charge in [-0.1, -0.05) is 72.8 Å². The van der Waals surface area contributed by atoms with Gasteiger partial charge >= 0.3 is 0 Å². The molecule has 0 aliphatic carbocycles. The maximum atomic E-state index is 10.5. The Kier molecular flexibility index (Phi) is 9.15. The predicted octanol–water partition coefficient (Wildman–Crippen LogP) is 4.74. The standard InChI is InChI=1S/C25H33NO2/c1-4-6-17-24(23(19-27)25(28)5-2)26(18-21-13-9-7-10-14-21)20(3)22-15-11-8-12-16-22/h4-5,7-16,20,23-25,27-28H,1-2,6,17-19H2,3H3/t20-,23+,24-,25+/m0/s1. The van der Waals surface area contributed by atoms with Gasteiger partial charge in [-0.3, -0.25) is 4.90 Å². The summed E-state index contributed by atoms with van der Waals surface area (Å²) in [7, 11) is 0. The largest absolute Gasteiger partial charge is 0.396 e. The zero-order valence-electron chi connectivity index (χ0n) is 16.8. The smallest absolute Gasteiger partial charge is 0.0783 e. The minimum atomic E-state index is -0.763. The summed E-state index contributed by atoms with van der Waals surface area (Å²) in [6.07, 6.45) is 4.29. The third kappa shape index (κ3) is 5.90. The SMILES string of the molecule is C=CCC[C@@H]([C@@H](CO)[C@H](O)C=C)N(Cc1ccccc1)[C@@H](C)c1ccccc1. The van der Waals surface area contributed by atoms with E-state index in [1.165, 1.54) is 17.2 Å². The Balaban J connectivity index is 2.43. The molecule has 28 heavy (non-hydrogen) atoms. The molecule has 0 heterocycles. The molecule has 2 N–H and O–H groups in total. The highest BCUT2D eigenvalue weighted by Crippen LogP contribution is 2.31. The maximum Gasteiger partial charge on any atom is 0.0783 e. The van der Waals surface area contributed by atoms with Crippen molar-refractivity contribution >= 4 is 0 Å². The van der Waals surface area contributed by atoms with Crippen molar-refractivity contribution < 1.29 is 10.2 Å². The van der Waals surface area contributed by atoms with Gasteiger partial charge in [0.15, 0.2) is 0 Å². The van der Waals surface area contributed by atoms with Gasteiger partial charge in [-0.05, 0) is 30.9 Å². The van der Waals surface area contributed by atoms with Gasteiger partial charge in [-0.25, -0.2) is 0 Å². The van der Waals surface area contributed by atoms with Crippen LogP contribution in [0.25, 0.3) is 0 Å². The van der Waals surface area contributed by atoms with Gasteiger partial charge < -0.3 is 10.2 Å². The van der Waals surface area contributed by atoms with Gasteiger partial charge in [0.25, 0.3) is 0 Å². The number of hydrogen-bond donors (Lipinski definition) is 2. The summed E-state index contributed by atoms with van der Waals surface area (Å²) in [4.78, 5) is 2.39. The number of nitrogens with zero attached hydrogens (tertiary/aromatic N) is 1. The van der Waals surface area contributed by atoms with Crippen molar-refractivity contribution in [3.8, 4) is 0 Å². The lowest BCUT2D eigenvalue weighted by Gasteiger charge is -2.41. The molecule has 0 saturated carbocycles. The minimum Gasteiger partial charge on any atom is -0.396 e. The van der Waals surface area contributed by atoms with Crippen LogP contribution in [0.2, 0.25) is 0 Å². The van der Waals surface area contributed by atoms with E-state index in [2.05, 4.69) is 49.2 Å². The van der Waals surface area contributed by atoms with Crippen molar-refractivity contribution in [2.45, 2.75) is 44.5 Å². The van der Waals surface area contributed by atoms with Gasteiger partial charge in [-0.2, -0.15) is 0 Å². The highest BCUT2D eigenvalue weighted by molar-refractivity contribution is 5.20. The van der Waals surface area contributed by atoms with Crippen LogP contribution in [-0.2, 0) is 6.54 Å². The Morgan fingerprint density at radius 2 is 1.61 bits per heavy atom. The first-order chi connectivity index (χ1) is 13.6. The highest BCUT2D eigenvalue weighted by Gasteiger charge is 2.33. The summed E-state index contributed by atoms with van der Waals surface area (Å²) in [5.41, 5.74) is 2.42. The molecule has 2 rings (SSSR count). The molecule has 3 heteroatoms. The Morgan fingerprint density at radius 1 is 1.00 bits per heavy atom. The first-order valence-corrected chi connectivity index (χ1v) is 9.99. The molecule has 150 valence electrons. The van der Waals surface area contributed by atoms with Gasteiger partial charge in [0, 0.05) is 24.5 Å². The van der Waals surface area contributed by atoms with Gasteiger partial charge in [0.1, 0.15) is 0 Å². The van der Waals surface area contributed by atoms with Gasteiger partial charge in [0.05, 0.1) is 12.7 Å². The summed E-state index contributed by atoms with van der Waals surface area (Å²) in [6, 6.07) is 20.8. The molecule has 0 aliphatic heterocycles. The molecule has 0 amide bonds. The third-order valence-corrected chi connectivity index (χ3v) is 5.47. The molecule has 0 spiro atoms. The number of rotatable bonds is 12. The van der Waals surface area contributed by atoms with E-state index in [4.69, 9.17) is 0 Å². The van der Waals surface area contributed by atoms with Crippen LogP contribution in [0.4, 0.5) is 0 Å². The lowest BCUT2D eigenvalue weighted by molar-refractivity contribution is 0.00304. The first kappa shape index (κ1) is 22.1. The Labute approximate surface area is 169 Å². The van der Waals surface area contributed by atoms with Crippen LogP contribution < -0.4 is 0 Å². The second kappa shape index (κ2) is 11.6. The Bertz CT molecular complexity index is 701. The number of aliphatic hydroxyl groups excluding tert-OH is 2. The zero-order chi connectivity index (χ0) is 20.4. The third-order valence-electron chi connectivity index (χ3n) is 5.47. The molecule has 3 nitrogen and oxygen atoms in total. The predicted molar refractivity (Wildman–Crippen MR) is 117 cm³/mol. The molecule has 0 radical (unpaired) electrons. The molecule has 0 bridgehead atoms. The van der Waals surface area contributed by atoms with Crippen LogP contribution in [0, 0.1) is 5.92 Å². The minimum absolute atomic E-state index is 0.0218. The quantitative estimate of drug-likeness (QED) is 0.524. The van der Waals surface area contributed by atoms with Crippen LogP contribution >= 0.6 is 0 Å². The normalized spacial score (nSPS) is 15.6. The second-order valence-electron chi connectivity index (χ2n) is 7.25. The number of allylic oxidation sites excluding steroid dienone is 1. The molecule has 0 aliphatic rings. The number of hydrogen-bond acceptors (Lipinski definition) is 3. The van der Waals surface area contributed by atoms with E-state index in [-0.39, 0.29) is 24.6 Å². The summed E-state index contributed by atoms with van der Waals surface area (Å²) < 4.78 is 0. The van der Waals surface area contributed by atoms with E-state index in [1.54, 1.807) is 0 Å². The van der Waals surface area contributed by atoms with E-state index in [0.29, 0.717) is 0 Å². The van der Waals surface area contributed by atoms with Crippen LogP contribution in [0.3, 0.4) is 0 Å². The van der Waals surface area contributed by atoms with Crippen molar-refractivity contribution in [3.63, 3.8) is 0 Å². The van der Waals surface area contributed by atoms with E-state index in [0.717, 1.165) is 19.4 Å². The van der Waals surface area contributed by atoms with Crippen LogP contribution in [0.15, 0.2) is 86.0 Å². The monoisotopic (exact) mass is 379 g/mol.